The molecular formula is C25H26N4O3. The van der Waals surface area contributed by atoms with E-state index < -0.39 is 0 Å². The highest BCUT2D eigenvalue weighted by atomic mass is 16.5. The molecule has 7 heteroatoms. The first kappa shape index (κ1) is 21.5. The summed E-state index contributed by atoms with van der Waals surface area (Å²) in [5, 5.41) is 6.02. The Balaban J connectivity index is 1.28. The van der Waals surface area contributed by atoms with Crippen molar-refractivity contribution in [2.75, 3.05) is 37.5 Å². The highest BCUT2D eigenvalue weighted by Gasteiger charge is 2.09. The van der Waals surface area contributed by atoms with Crippen LogP contribution in [0.5, 0.6) is 0 Å². The molecule has 4 aromatic rings. The molecule has 0 spiro atoms. The zero-order valence-electron chi connectivity index (χ0n) is 18.0. The maximum atomic E-state index is 12.3. The summed E-state index contributed by atoms with van der Waals surface area (Å²) in [5.41, 5.74) is 5.57. The number of carbonyl (C=O) groups is 1. The van der Waals surface area contributed by atoms with Crippen LogP contribution in [-0.2, 0) is 20.9 Å². The van der Waals surface area contributed by atoms with Gasteiger partial charge in [-0.05, 0) is 29.8 Å². The molecule has 0 bridgehead atoms. The van der Waals surface area contributed by atoms with Crippen LogP contribution in [0.1, 0.15) is 5.56 Å². The van der Waals surface area contributed by atoms with Gasteiger partial charge < -0.3 is 20.1 Å². The number of anilines is 2. The Labute approximate surface area is 187 Å². The molecule has 32 heavy (non-hydrogen) atoms. The van der Waals surface area contributed by atoms with Crippen molar-refractivity contribution in [2.45, 2.75) is 6.61 Å². The summed E-state index contributed by atoms with van der Waals surface area (Å²) in [4.78, 5) is 16.7. The smallest absolute Gasteiger partial charge is 0.250 e. The number of pyridine rings is 1. The van der Waals surface area contributed by atoms with Gasteiger partial charge in [0.2, 0.25) is 5.91 Å². The van der Waals surface area contributed by atoms with Gasteiger partial charge in [-0.25, -0.2) is 4.98 Å². The van der Waals surface area contributed by atoms with E-state index >= 15 is 0 Å². The maximum Gasteiger partial charge on any atom is 0.250 e. The molecule has 0 unspecified atom stereocenters. The van der Waals surface area contributed by atoms with Crippen LogP contribution in [0.4, 0.5) is 11.4 Å². The first-order valence-corrected chi connectivity index (χ1v) is 10.5. The molecule has 0 atom stereocenters. The van der Waals surface area contributed by atoms with Gasteiger partial charge >= 0.3 is 0 Å². The van der Waals surface area contributed by atoms with Crippen LogP contribution in [0.15, 0.2) is 79.1 Å². The number of nitrogens with one attached hydrogen (secondary N) is 2. The zero-order chi connectivity index (χ0) is 22.2. The van der Waals surface area contributed by atoms with Crippen LogP contribution in [0, 0.1) is 0 Å². The van der Waals surface area contributed by atoms with Crippen LogP contribution in [0.3, 0.4) is 0 Å². The van der Waals surface area contributed by atoms with Gasteiger partial charge in [0.25, 0.3) is 0 Å². The molecule has 164 valence electrons. The van der Waals surface area contributed by atoms with Crippen LogP contribution in [0.2, 0.25) is 0 Å². The molecule has 7 nitrogen and oxygen atoms in total. The van der Waals surface area contributed by atoms with Crippen molar-refractivity contribution in [1.82, 2.24) is 9.38 Å². The Kier molecular flexibility index (Phi) is 7.12. The molecule has 0 saturated carbocycles. The van der Waals surface area contributed by atoms with Crippen molar-refractivity contribution >= 4 is 22.9 Å². The molecule has 0 saturated heterocycles. The molecule has 2 aromatic heterocycles. The molecule has 2 heterocycles. The lowest BCUT2D eigenvalue weighted by atomic mass is 10.1. The van der Waals surface area contributed by atoms with Crippen molar-refractivity contribution in [3.05, 3.63) is 84.7 Å². The Bertz CT molecular complexity index is 1170. The summed E-state index contributed by atoms with van der Waals surface area (Å²) in [6.45, 7) is 1.29. The molecular weight excluding hydrogens is 404 g/mol. The first-order chi connectivity index (χ1) is 15.7. The van der Waals surface area contributed by atoms with Gasteiger partial charge in [0.1, 0.15) is 12.3 Å². The van der Waals surface area contributed by atoms with E-state index in [4.69, 9.17) is 9.47 Å². The van der Waals surface area contributed by atoms with Gasteiger partial charge in [0.05, 0.1) is 37.4 Å². The normalized spacial score (nSPS) is 10.9. The molecule has 0 aliphatic heterocycles. The standard InChI is InChI=1S/C25H26N4O3/c1-26-22-10-11-24-27-15-23(29(24)16-22)20-8-5-9-21(14-20)28-25(30)18-32-13-12-31-17-19-6-3-2-4-7-19/h2-11,14-16,26H,12-13,17-18H2,1H3,(H,28,30). The summed E-state index contributed by atoms with van der Waals surface area (Å²) in [5.74, 6) is -0.208. The van der Waals surface area contributed by atoms with E-state index in [0.717, 1.165) is 28.2 Å². The SMILES string of the molecule is CNc1ccc2ncc(-c3cccc(NC(=O)COCCOCc4ccccc4)c3)n2c1. The van der Waals surface area contributed by atoms with Gasteiger partial charge in [-0.3, -0.25) is 9.20 Å². The Hall–Kier alpha value is -3.68. The quantitative estimate of drug-likeness (QED) is 0.369. The number of rotatable bonds is 10. The van der Waals surface area contributed by atoms with Crippen LogP contribution < -0.4 is 10.6 Å². The third-order valence-electron chi connectivity index (χ3n) is 4.95. The predicted octanol–water partition coefficient (Wildman–Crippen LogP) is 4.21. The number of hydrogen-bond donors (Lipinski definition) is 2. The summed E-state index contributed by atoms with van der Waals surface area (Å²) in [6.07, 6.45) is 3.82. The fourth-order valence-electron chi connectivity index (χ4n) is 3.34. The van der Waals surface area contributed by atoms with Crippen molar-refractivity contribution in [3.8, 4) is 11.3 Å². The van der Waals surface area contributed by atoms with E-state index in [9.17, 15) is 4.79 Å². The van der Waals surface area contributed by atoms with E-state index in [0.29, 0.717) is 25.5 Å². The van der Waals surface area contributed by atoms with Gasteiger partial charge in [-0.1, -0.05) is 42.5 Å². The molecule has 0 fully saturated rings. The van der Waals surface area contributed by atoms with Gasteiger partial charge in [0, 0.05) is 24.5 Å². The second kappa shape index (κ2) is 10.6. The zero-order valence-corrected chi connectivity index (χ0v) is 18.0. The topological polar surface area (TPSA) is 76.9 Å². The number of carbonyl (C=O) groups excluding carboxylic acids is 1. The van der Waals surface area contributed by atoms with Crippen molar-refractivity contribution in [3.63, 3.8) is 0 Å². The Morgan fingerprint density at radius 2 is 1.81 bits per heavy atom. The predicted molar refractivity (Wildman–Crippen MR) is 126 cm³/mol. The molecule has 0 aliphatic rings. The number of aromatic nitrogens is 2. The lowest BCUT2D eigenvalue weighted by molar-refractivity contribution is -0.121. The van der Waals surface area contributed by atoms with E-state index in [1.54, 1.807) is 0 Å². The molecule has 2 N–H and O–H groups in total. The monoisotopic (exact) mass is 430 g/mol. The van der Waals surface area contributed by atoms with E-state index in [-0.39, 0.29) is 12.5 Å². The lowest BCUT2D eigenvalue weighted by Crippen LogP contribution is -2.19. The van der Waals surface area contributed by atoms with Gasteiger partial charge in [0.15, 0.2) is 0 Å². The fourth-order valence-corrected chi connectivity index (χ4v) is 3.34. The van der Waals surface area contributed by atoms with Crippen LogP contribution in [0.25, 0.3) is 16.9 Å². The lowest BCUT2D eigenvalue weighted by Gasteiger charge is -2.09. The van der Waals surface area contributed by atoms with E-state index in [2.05, 4.69) is 15.6 Å². The minimum absolute atomic E-state index is 0.0277. The number of nitrogens with zero attached hydrogens (tertiary/aromatic N) is 2. The molecule has 0 radical (unpaired) electrons. The van der Waals surface area contributed by atoms with Gasteiger partial charge in [-0.2, -0.15) is 0 Å². The number of ether oxygens (including phenoxy) is 2. The number of hydrogen-bond acceptors (Lipinski definition) is 5. The number of fused-ring (bicyclic) bond motifs is 1. The number of amides is 1. The highest BCUT2D eigenvalue weighted by Crippen LogP contribution is 2.25. The molecule has 0 aliphatic carbocycles. The summed E-state index contributed by atoms with van der Waals surface area (Å²) < 4.78 is 13.0. The molecule has 1 amide bonds. The second-order valence-electron chi connectivity index (χ2n) is 7.26. The second-order valence-corrected chi connectivity index (χ2v) is 7.26. The molecule has 4 rings (SSSR count). The average Bonchev–Trinajstić information content (AvgIpc) is 3.25. The first-order valence-electron chi connectivity index (χ1n) is 10.5. The van der Waals surface area contributed by atoms with Gasteiger partial charge in [-0.15, -0.1) is 0 Å². The third kappa shape index (κ3) is 5.51. The maximum absolute atomic E-state index is 12.3. The Morgan fingerprint density at radius 3 is 2.66 bits per heavy atom. The largest absolute Gasteiger partial charge is 0.387 e. The van der Waals surface area contributed by atoms with E-state index in [1.807, 2.05) is 90.6 Å². The Morgan fingerprint density at radius 1 is 0.969 bits per heavy atom. The van der Waals surface area contributed by atoms with Crippen LogP contribution in [-0.4, -0.2) is 42.2 Å². The highest BCUT2D eigenvalue weighted by molar-refractivity contribution is 5.92. The third-order valence-corrected chi connectivity index (χ3v) is 4.95. The van der Waals surface area contributed by atoms with E-state index in [1.165, 1.54) is 0 Å². The number of benzene rings is 2. The summed E-state index contributed by atoms with van der Waals surface area (Å²) in [6, 6.07) is 21.6. The fraction of sp³-hybridized carbons (Fsp3) is 0.200. The summed E-state index contributed by atoms with van der Waals surface area (Å²) >= 11 is 0. The minimum atomic E-state index is -0.208. The minimum Gasteiger partial charge on any atom is -0.387 e. The number of imidazole rings is 1. The van der Waals surface area contributed by atoms with Crippen LogP contribution >= 0.6 is 0 Å². The molecule has 2 aromatic carbocycles. The van der Waals surface area contributed by atoms with Crippen molar-refractivity contribution < 1.29 is 14.3 Å². The van der Waals surface area contributed by atoms with Crippen molar-refractivity contribution in [1.29, 1.82) is 0 Å². The summed E-state index contributed by atoms with van der Waals surface area (Å²) in [7, 11) is 1.88. The van der Waals surface area contributed by atoms with Crippen molar-refractivity contribution in [2.24, 2.45) is 0 Å². The average molecular weight is 431 g/mol.